The van der Waals surface area contributed by atoms with Crippen molar-refractivity contribution in [2.75, 3.05) is 5.32 Å². The van der Waals surface area contributed by atoms with Crippen LogP contribution < -0.4 is 10.1 Å². The highest BCUT2D eigenvalue weighted by atomic mass is 79.9. The van der Waals surface area contributed by atoms with Crippen molar-refractivity contribution in [3.05, 3.63) is 58.6 Å². The molecule has 2 aromatic rings. The van der Waals surface area contributed by atoms with Crippen molar-refractivity contribution in [2.24, 2.45) is 0 Å². The Balaban J connectivity index is 2.00. The summed E-state index contributed by atoms with van der Waals surface area (Å²) in [4.78, 5) is 12.0. The number of ether oxygens (including phenoxy) is 1. The van der Waals surface area contributed by atoms with Crippen LogP contribution >= 0.6 is 15.9 Å². The maximum Gasteiger partial charge on any atom is 0.265 e. The zero-order chi connectivity index (χ0) is 15.4. The van der Waals surface area contributed by atoms with Crippen molar-refractivity contribution in [1.29, 1.82) is 0 Å². The molecule has 110 valence electrons. The smallest absolute Gasteiger partial charge is 0.265 e. The minimum Gasteiger partial charge on any atom is -0.480 e. The number of anilines is 1. The molecule has 21 heavy (non-hydrogen) atoms. The largest absolute Gasteiger partial charge is 0.480 e. The van der Waals surface area contributed by atoms with Gasteiger partial charge in [0.2, 0.25) is 0 Å². The fourth-order valence-corrected chi connectivity index (χ4v) is 2.04. The second-order valence-electron chi connectivity index (χ2n) is 4.33. The van der Waals surface area contributed by atoms with Crippen LogP contribution in [0.1, 0.15) is 6.92 Å². The summed E-state index contributed by atoms with van der Waals surface area (Å²) in [6, 6.07) is 9.32. The molecule has 2 rings (SSSR count). The lowest BCUT2D eigenvalue weighted by atomic mass is 10.3. The van der Waals surface area contributed by atoms with Gasteiger partial charge in [-0.05, 0) is 65.3 Å². The molecule has 1 amide bonds. The van der Waals surface area contributed by atoms with Gasteiger partial charge in [0, 0.05) is 5.69 Å². The molecule has 3 nitrogen and oxygen atoms in total. The third kappa shape index (κ3) is 4.26. The van der Waals surface area contributed by atoms with Crippen LogP contribution in [0, 0.1) is 11.6 Å². The molecule has 1 atom stereocenters. The molecule has 0 saturated heterocycles. The van der Waals surface area contributed by atoms with Crippen molar-refractivity contribution >= 4 is 27.5 Å². The topological polar surface area (TPSA) is 38.3 Å². The van der Waals surface area contributed by atoms with E-state index < -0.39 is 17.8 Å². The third-order valence-corrected chi connectivity index (χ3v) is 3.30. The minimum absolute atomic E-state index is 0.359. The molecule has 2 aromatic carbocycles. The van der Waals surface area contributed by atoms with Gasteiger partial charge in [-0.15, -0.1) is 0 Å². The third-order valence-electron chi connectivity index (χ3n) is 2.68. The summed E-state index contributed by atoms with van der Waals surface area (Å²) in [5.74, 6) is -0.818. The van der Waals surface area contributed by atoms with Crippen molar-refractivity contribution in [3.8, 4) is 5.75 Å². The Bertz CT molecular complexity index is 647. The lowest BCUT2D eigenvalue weighted by molar-refractivity contribution is -0.122. The Morgan fingerprint density at radius 1 is 1.14 bits per heavy atom. The van der Waals surface area contributed by atoms with Gasteiger partial charge < -0.3 is 10.1 Å². The average molecular weight is 356 g/mol. The second-order valence-corrected chi connectivity index (χ2v) is 5.19. The number of carbonyl (C=O) groups excluding carboxylic acids is 1. The summed E-state index contributed by atoms with van der Waals surface area (Å²) in [7, 11) is 0. The summed E-state index contributed by atoms with van der Waals surface area (Å²) >= 11 is 3.16. The molecule has 0 aliphatic heterocycles. The molecule has 0 spiro atoms. The van der Waals surface area contributed by atoms with E-state index in [0.717, 1.165) is 0 Å². The summed E-state index contributed by atoms with van der Waals surface area (Å²) in [5.41, 5.74) is 0.468. The Hall–Kier alpha value is -1.95. The zero-order valence-electron chi connectivity index (χ0n) is 11.1. The summed E-state index contributed by atoms with van der Waals surface area (Å²) < 4.78 is 31.6. The average Bonchev–Trinajstić information content (AvgIpc) is 2.44. The zero-order valence-corrected chi connectivity index (χ0v) is 12.7. The number of carbonyl (C=O) groups is 1. The molecule has 0 radical (unpaired) electrons. The van der Waals surface area contributed by atoms with Gasteiger partial charge in [0.1, 0.15) is 17.4 Å². The van der Waals surface area contributed by atoms with Crippen LogP contribution in [0.5, 0.6) is 5.75 Å². The molecule has 0 saturated carbocycles. The highest BCUT2D eigenvalue weighted by molar-refractivity contribution is 9.10. The molecule has 0 fully saturated rings. The van der Waals surface area contributed by atoms with Crippen LogP contribution in [0.4, 0.5) is 14.5 Å². The van der Waals surface area contributed by atoms with Crippen LogP contribution in [-0.4, -0.2) is 12.0 Å². The van der Waals surface area contributed by atoms with Gasteiger partial charge in [-0.3, -0.25) is 4.79 Å². The van der Waals surface area contributed by atoms with Crippen LogP contribution in [-0.2, 0) is 4.79 Å². The number of amides is 1. The molecule has 0 bridgehead atoms. The monoisotopic (exact) mass is 355 g/mol. The van der Waals surface area contributed by atoms with Crippen LogP contribution in [0.2, 0.25) is 0 Å². The van der Waals surface area contributed by atoms with Crippen LogP contribution in [0.25, 0.3) is 0 Å². The van der Waals surface area contributed by atoms with Gasteiger partial charge in [-0.25, -0.2) is 8.78 Å². The van der Waals surface area contributed by atoms with Crippen molar-refractivity contribution in [2.45, 2.75) is 13.0 Å². The second kappa shape index (κ2) is 6.67. The molecule has 1 N–H and O–H groups in total. The highest BCUT2D eigenvalue weighted by Crippen LogP contribution is 2.26. The number of halogens is 3. The van der Waals surface area contributed by atoms with Crippen molar-refractivity contribution in [3.63, 3.8) is 0 Å². The van der Waals surface area contributed by atoms with E-state index in [2.05, 4.69) is 21.2 Å². The highest BCUT2D eigenvalue weighted by Gasteiger charge is 2.16. The van der Waals surface area contributed by atoms with Crippen LogP contribution in [0.3, 0.4) is 0 Å². The molecular weight excluding hydrogens is 344 g/mol. The van der Waals surface area contributed by atoms with Gasteiger partial charge >= 0.3 is 0 Å². The van der Waals surface area contributed by atoms with Gasteiger partial charge in [-0.1, -0.05) is 0 Å². The Morgan fingerprint density at radius 3 is 2.38 bits per heavy atom. The lowest BCUT2D eigenvalue weighted by Crippen LogP contribution is -2.30. The van der Waals surface area contributed by atoms with Gasteiger partial charge in [0.25, 0.3) is 5.91 Å². The maximum absolute atomic E-state index is 13.0. The van der Waals surface area contributed by atoms with E-state index >= 15 is 0 Å². The van der Waals surface area contributed by atoms with E-state index in [1.807, 2.05) is 0 Å². The summed E-state index contributed by atoms with van der Waals surface area (Å²) in [6.45, 7) is 1.56. The quantitative estimate of drug-likeness (QED) is 0.895. The number of rotatable bonds is 4. The van der Waals surface area contributed by atoms with E-state index in [9.17, 15) is 13.6 Å². The Kier molecular flexibility index (Phi) is 4.90. The lowest BCUT2D eigenvalue weighted by Gasteiger charge is -2.15. The van der Waals surface area contributed by atoms with E-state index in [0.29, 0.717) is 15.9 Å². The van der Waals surface area contributed by atoms with E-state index in [1.54, 1.807) is 6.92 Å². The first-order valence-electron chi connectivity index (χ1n) is 6.14. The fourth-order valence-electron chi connectivity index (χ4n) is 1.59. The first-order valence-corrected chi connectivity index (χ1v) is 6.93. The fraction of sp³-hybridized carbons (Fsp3) is 0.133. The van der Waals surface area contributed by atoms with Crippen molar-refractivity contribution < 1.29 is 18.3 Å². The normalized spacial score (nSPS) is 11.8. The molecule has 6 heteroatoms. The van der Waals surface area contributed by atoms with Gasteiger partial charge in [0.15, 0.2) is 6.10 Å². The summed E-state index contributed by atoms with van der Waals surface area (Å²) in [5, 5.41) is 2.60. The summed E-state index contributed by atoms with van der Waals surface area (Å²) in [6.07, 6.45) is -0.795. The first-order chi connectivity index (χ1) is 9.95. The standard InChI is InChI=1S/C15H12BrF2NO2/c1-9(21-14-7-4-11(18)8-13(14)16)15(20)19-12-5-2-10(17)3-6-12/h2-9H,1H3,(H,19,20). The van der Waals surface area contributed by atoms with E-state index in [4.69, 9.17) is 4.74 Å². The molecule has 0 aromatic heterocycles. The predicted molar refractivity (Wildman–Crippen MR) is 79.2 cm³/mol. The molecule has 0 aliphatic carbocycles. The molecule has 1 unspecified atom stereocenters. The SMILES string of the molecule is CC(Oc1ccc(F)cc1Br)C(=O)Nc1ccc(F)cc1. The van der Waals surface area contributed by atoms with E-state index in [-0.39, 0.29) is 5.82 Å². The van der Waals surface area contributed by atoms with Crippen LogP contribution in [0.15, 0.2) is 46.9 Å². The number of hydrogen-bond donors (Lipinski definition) is 1. The van der Waals surface area contributed by atoms with Crippen molar-refractivity contribution in [1.82, 2.24) is 0 Å². The maximum atomic E-state index is 13.0. The molecular formula is C15H12BrF2NO2. The van der Waals surface area contributed by atoms with Gasteiger partial charge in [-0.2, -0.15) is 0 Å². The first kappa shape index (κ1) is 15.4. The number of nitrogens with one attached hydrogen (secondary N) is 1. The molecule has 0 heterocycles. The van der Waals surface area contributed by atoms with E-state index in [1.165, 1.54) is 42.5 Å². The predicted octanol–water partition coefficient (Wildman–Crippen LogP) is 4.13. The number of hydrogen-bond acceptors (Lipinski definition) is 2. The number of benzene rings is 2. The molecule has 0 aliphatic rings. The Labute approximate surface area is 129 Å². The van der Waals surface area contributed by atoms with Gasteiger partial charge in [0.05, 0.1) is 4.47 Å². The minimum atomic E-state index is -0.795. The Morgan fingerprint density at radius 2 is 1.76 bits per heavy atom.